The highest BCUT2D eigenvalue weighted by Crippen LogP contribution is 2.30. The van der Waals surface area contributed by atoms with Gasteiger partial charge in [0.2, 0.25) is 0 Å². The Morgan fingerprint density at radius 1 is 1.13 bits per heavy atom. The van der Waals surface area contributed by atoms with Crippen LogP contribution in [0.3, 0.4) is 0 Å². The lowest BCUT2D eigenvalue weighted by Gasteiger charge is -2.09. The van der Waals surface area contributed by atoms with Gasteiger partial charge in [-0.25, -0.2) is 17.2 Å². The molecular weight excluding hydrogens is 445 g/mol. The molecule has 0 saturated carbocycles. The summed E-state index contributed by atoms with van der Waals surface area (Å²) in [6.45, 7) is 1.59. The summed E-state index contributed by atoms with van der Waals surface area (Å²) in [4.78, 5) is 9.10. The standard InChI is InChI=1S/C17H15ClN2O2S.C2HF3O2/c18-14-4-2-5-15(9-14)23(21,22)20-11-13-7-8-19-10-12-3-1-6-16(20)17(12)13;3-2(4,5)1(6)7/h1-6,9,11,19H,7-8,10H2;(H,6,7). The first kappa shape index (κ1) is 22.1. The number of nitrogens with one attached hydrogen (secondary N) is 1. The number of carbonyl (C=O) groups is 1. The molecule has 30 heavy (non-hydrogen) atoms. The van der Waals surface area contributed by atoms with E-state index in [1.165, 1.54) is 10.0 Å². The monoisotopic (exact) mass is 460 g/mol. The Hall–Kier alpha value is -2.56. The smallest absolute Gasteiger partial charge is 0.475 e. The van der Waals surface area contributed by atoms with Crippen LogP contribution in [0.4, 0.5) is 13.2 Å². The highest BCUT2D eigenvalue weighted by molar-refractivity contribution is 7.90. The van der Waals surface area contributed by atoms with Gasteiger partial charge in [0.15, 0.2) is 0 Å². The molecule has 1 aromatic heterocycles. The first-order valence-electron chi connectivity index (χ1n) is 8.65. The van der Waals surface area contributed by atoms with Gasteiger partial charge >= 0.3 is 12.1 Å². The van der Waals surface area contributed by atoms with E-state index in [1.54, 1.807) is 24.4 Å². The van der Waals surface area contributed by atoms with Crippen molar-refractivity contribution in [3.05, 3.63) is 64.8 Å². The summed E-state index contributed by atoms with van der Waals surface area (Å²) in [5.41, 5.74) is 2.92. The molecule has 160 valence electrons. The van der Waals surface area contributed by atoms with Crippen LogP contribution >= 0.6 is 11.6 Å². The van der Waals surface area contributed by atoms with E-state index in [0.29, 0.717) is 5.02 Å². The van der Waals surface area contributed by atoms with Gasteiger partial charge in [-0.1, -0.05) is 29.8 Å². The maximum atomic E-state index is 13.0. The van der Waals surface area contributed by atoms with Crippen LogP contribution in [0, 0.1) is 0 Å². The fourth-order valence-corrected chi connectivity index (χ4v) is 4.83. The number of rotatable bonds is 2. The van der Waals surface area contributed by atoms with E-state index in [2.05, 4.69) is 5.32 Å². The first-order chi connectivity index (χ1) is 14.0. The largest absolute Gasteiger partial charge is 0.490 e. The molecule has 2 N–H and O–H groups in total. The zero-order valence-electron chi connectivity index (χ0n) is 15.3. The van der Waals surface area contributed by atoms with Crippen LogP contribution in [0.1, 0.15) is 11.1 Å². The van der Waals surface area contributed by atoms with Crippen molar-refractivity contribution in [2.75, 3.05) is 6.54 Å². The molecule has 11 heteroatoms. The van der Waals surface area contributed by atoms with Crippen LogP contribution in [0.2, 0.25) is 5.02 Å². The second-order valence-corrected chi connectivity index (χ2v) is 8.70. The molecule has 0 spiro atoms. The van der Waals surface area contributed by atoms with Crippen molar-refractivity contribution < 1.29 is 31.5 Å². The number of alkyl halides is 3. The van der Waals surface area contributed by atoms with Gasteiger partial charge in [-0.2, -0.15) is 13.2 Å². The van der Waals surface area contributed by atoms with Crippen LogP contribution < -0.4 is 5.32 Å². The zero-order valence-corrected chi connectivity index (χ0v) is 16.9. The Kier molecular flexibility index (Phi) is 6.11. The summed E-state index contributed by atoms with van der Waals surface area (Å²) in [5.74, 6) is -2.76. The Labute approximate surface area is 174 Å². The number of aromatic nitrogens is 1. The van der Waals surface area contributed by atoms with E-state index in [1.807, 2.05) is 18.2 Å². The van der Waals surface area contributed by atoms with Crippen molar-refractivity contribution >= 4 is 38.5 Å². The number of hydrogen-bond donors (Lipinski definition) is 2. The maximum absolute atomic E-state index is 13.0. The van der Waals surface area contributed by atoms with E-state index < -0.39 is 22.2 Å². The molecule has 0 aliphatic carbocycles. The van der Waals surface area contributed by atoms with E-state index in [0.717, 1.165) is 41.5 Å². The Balaban J connectivity index is 0.000000318. The molecule has 0 saturated heterocycles. The molecule has 1 aliphatic rings. The minimum atomic E-state index is -5.08. The number of aliphatic carboxylic acids is 1. The highest BCUT2D eigenvalue weighted by Gasteiger charge is 2.38. The third kappa shape index (κ3) is 4.45. The lowest BCUT2D eigenvalue weighted by molar-refractivity contribution is -0.192. The van der Waals surface area contributed by atoms with Gasteiger partial charge < -0.3 is 10.4 Å². The van der Waals surface area contributed by atoms with Crippen LogP contribution in [-0.2, 0) is 27.8 Å². The fraction of sp³-hybridized carbons (Fsp3) is 0.211. The lowest BCUT2D eigenvalue weighted by atomic mass is 10.1. The van der Waals surface area contributed by atoms with Gasteiger partial charge in [-0.3, -0.25) is 0 Å². The molecule has 0 fully saturated rings. The summed E-state index contributed by atoms with van der Waals surface area (Å²) in [7, 11) is -3.67. The second-order valence-electron chi connectivity index (χ2n) is 6.45. The molecule has 0 unspecified atom stereocenters. The summed E-state index contributed by atoms with van der Waals surface area (Å²) in [5, 5.41) is 11.9. The molecule has 0 bridgehead atoms. The molecule has 0 atom stereocenters. The number of hydrogen-bond acceptors (Lipinski definition) is 4. The second kappa shape index (κ2) is 8.29. The summed E-state index contributed by atoms with van der Waals surface area (Å²) < 4.78 is 59.2. The third-order valence-corrected chi connectivity index (χ3v) is 6.35. The van der Waals surface area contributed by atoms with E-state index in [9.17, 15) is 21.6 Å². The summed E-state index contributed by atoms with van der Waals surface area (Å²) >= 11 is 5.96. The third-order valence-electron chi connectivity index (χ3n) is 4.44. The SMILES string of the molecule is O=C(O)C(F)(F)F.O=S(=O)(c1cccc(Cl)c1)n1cc2c3c(cccc31)CNCC2. The molecule has 6 nitrogen and oxygen atoms in total. The predicted molar refractivity (Wildman–Crippen MR) is 105 cm³/mol. The first-order valence-corrected chi connectivity index (χ1v) is 10.5. The Morgan fingerprint density at radius 3 is 2.43 bits per heavy atom. The molecule has 4 rings (SSSR count). The number of carboxylic acids is 1. The molecule has 1 aliphatic heterocycles. The van der Waals surface area contributed by atoms with Crippen LogP contribution in [0.15, 0.2) is 53.6 Å². The average molecular weight is 461 g/mol. The molecule has 3 aromatic rings. The minimum Gasteiger partial charge on any atom is -0.475 e. The van der Waals surface area contributed by atoms with Crippen LogP contribution in [0.25, 0.3) is 10.9 Å². The number of carboxylic acid groups (broad SMARTS) is 1. The van der Waals surface area contributed by atoms with Gasteiger partial charge in [0.25, 0.3) is 10.0 Å². The van der Waals surface area contributed by atoms with Crippen molar-refractivity contribution in [2.24, 2.45) is 0 Å². The topological polar surface area (TPSA) is 88.4 Å². The Bertz CT molecular complexity index is 1210. The molecule has 0 amide bonds. The molecule has 0 radical (unpaired) electrons. The average Bonchev–Trinajstić information content (AvgIpc) is 2.92. The number of benzene rings is 2. The van der Waals surface area contributed by atoms with Gasteiger partial charge in [0.1, 0.15) is 0 Å². The normalized spacial score (nSPS) is 14.0. The molecule has 2 heterocycles. The lowest BCUT2D eigenvalue weighted by Crippen LogP contribution is -2.21. The maximum Gasteiger partial charge on any atom is 0.490 e. The van der Waals surface area contributed by atoms with Crippen molar-refractivity contribution in [3.8, 4) is 0 Å². The van der Waals surface area contributed by atoms with Crippen LogP contribution in [0.5, 0.6) is 0 Å². The predicted octanol–water partition coefficient (Wildman–Crippen LogP) is 3.81. The summed E-state index contributed by atoms with van der Waals surface area (Å²) in [6, 6.07) is 12.2. The van der Waals surface area contributed by atoms with E-state index >= 15 is 0 Å². The zero-order chi connectivity index (χ0) is 22.1. The Morgan fingerprint density at radius 2 is 1.80 bits per heavy atom. The molecular formula is C19H16ClF3N2O4S. The number of halogens is 4. The fourth-order valence-electron chi connectivity index (χ4n) is 3.14. The quantitative estimate of drug-likeness (QED) is 0.607. The van der Waals surface area contributed by atoms with Gasteiger partial charge in [0, 0.05) is 23.2 Å². The molecule has 2 aromatic carbocycles. The van der Waals surface area contributed by atoms with Gasteiger partial charge in [0.05, 0.1) is 10.4 Å². The van der Waals surface area contributed by atoms with Crippen molar-refractivity contribution in [1.82, 2.24) is 9.29 Å². The van der Waals surface area contributed by atoms with Crippen molar-refractivity contribution in [1.29, 1.82) is 0 Å². The van der Waals surface area contributed by atoms with E-state index in [-0.39, 0.29) is 4.90 Å². The summed E-state index contributed by atoms with van der Waals surface area (Å²) in [6.07, 6.45) is -2.52. The van der Waals surface area contributed by atoms with Crippen molar-refractivity contribution in [2.45, 2.75) is 24.0 Å². The highest BCUT2D eigenvalue weighted by atomic mass is 35.5. The van der Waals surface area contributed by atoms with Gasteiger partial charge in [-0.15, -0.1) is 0 Å². The van der Waals surface area contributed by atoms with Crippen LogP contribution in [-0.4, -0.2) is 36.2 Å². The van der Waals surface area contributed by atoms with Crippen molar-refractivity contribution in [3.63, 3.8) is 0 Å². The minimum absolute atomic E-state index is 0.203. The van der Waals surface area contributed by atoms with E-state index in [4.69, 9.17) is 21.5 Å². The number of nitrogens with zero attached hydrogens (tertiary/aromatic N) is 1. The van der Waals surface area contributed by atoms with Gasteiger partial charge in [-0.05, 0) is 48.4 Å².